The fourth-order valence-corrected chi connectivity index (χ4v) is 3.55. The van der Waals surface area contributed by atoms with E-state index in [-0.39, 0.29) is 30.1 Å². The fourth-order valence-electron chi connectivity index (χ4n) is 3.55. The second kappa shape index (κ2) is 6.75. The minimum atomic E-state index is -1.38. The van der Waals surface area contributed by atoms with Gasteiger partial charge in [0.15, 0.2) is 5.54 Å². The number of carbonyl (C=O) groups excluding carboxylic acids is 3. The number of anilines is 1. The molecule has 0 spiro atoms. The van der Waals surface area contributed by atoms with Crippen LogP contribution in [0.25, 0.3) is 0 Å². The molecule has 0 fully saturated rings. The third-order valence-electron chi connectivity index (χ3n) is 4.60. The van der Waals surface area contributed by atoms with Gasteiger partial charge in [0.25, 0.3) is 11.8 Å². The lowest BCUT2D eigenvalue weighted by molar-refractivity contribution is -0.129. The van der Waals surface area contributed by atoms with Gasteiger partial charge in [-0.2, -0.15) is 0 Å². The van der Waals surface area contributed by atoms with Crippen LogP contribution in [0.15, 0.2) is 54.6 Å². The van der Waals surface area contributed by atoms with Gasteiger partial charge in [-0.05, 0) is 39.0 Å². The first-order chi connectivity index (χ1) is 12.4. The SMILES string of the molecule is CC(=O)CC1(NC(=O)c2ccccc2)C(=O)N(C(C)C)c2ccccc21. The van der Waals surface area contributed by atoms with Crippen LogP contribution in [-0.2, 0) is 15.1 Å². The topological polar surface area (TPSA) is 66.5 Å². The van der Waals surface area contributed by atoms with Crippen molar-refractivity contribution >= 4 is 23.3 Å². The smallest absolute Gasteiger partial charge is 0.258 e. The van der Waals surface area contributed by atoms with E-state index in [1.807, 2.05) is 44.2 Å². The molecule has 3 rings (SSSR count). The molecule has 2 aromatic carbocycles. The summed E-state index contributed by atoms with van der Waals surface area (Å²) in [7, 11) is 0. The van der Waals surface area contributed by atoms with Gasteiger partial charge in [-0.3, -0.25) is 14.4 Å². The van der Waals surface area contributed by atoms with E-state index in [4.69, 9.17) is 0 Å². The zero-order valence-electron chi connectivity index (χ0n) is 15.2. The Bertz CT molecular complexity index is 861. The van der Waals surface area contributed by atoms with Crippen LogP contribution >= 0.6 is 0 Å². The maximum absolute atomic E-state index is 13.4. The van der Waals surface area contributed by atoms with Gasteiger partial charge < -0.3 is 10.2 Å². The number of nitrogens with one attached hydrogen (secondary N) is 1. The third kappa shape index (κ3) is 2.90. The van der Waals surface area contributed by atoms with Gasteiger partial charge in [0, 0.05) is 23.6 Å². The zero-order chi connectivity index (χ0) is 18.9. The molecule has 0 aliphatic carbocycles. The molecule has 0 radical (unpaired) electrons. The number of benzene rings is 2. The van der Waals surface area contributed by atoms with Gasteiger partial charge >= 0.3 is 0 Å². The molecule has 1 atom stereocenters. The minimum Gasteiger partial charge on any atom is -0.333 e. The van der Waals surface area contributed by atoms with E-state index in [0.29, 0.717) is 11.1 Å². The van der Waals surface area contributed by atoms with Crippen molar-refractivity contribution in [2.24, 2.45) is 0 Å². The molecular weight excluding hydrogens is 328 g/mol. The number of amides is 2. The van der Waals surface area contributed by atoms with Crippen LogP contribution in [0.2, 0.25) is 0 Å². The molecule has 0 saturated heterocycles. The quantitative estimate of drug-likeness (QED) is 0.901. The van der Waals surface area contributed by atoms with Crippen molar-refractivity contribution in [3.8, 4) is 0 Å². The lowest BCUT2D eigenvalue weighted by atomic mass is 9.86. The van der Waals surface area contributed by atoms with E-state index in [1.165, 1.54) is 6.92 Å². The molecule has 1 heterocycles. The van der Waals surface area contributed by atoms with Crippen molar-refractivity contribution in [3.05, 3.63) is 65.7 Å². The first-order valence-electron chi connectivity index (χ1n) is 8.67. The predicted octanol–water partition coefficient (Wildman–Crippen LogP) is 3.05. The summed E-state index contributed by atoms with van der Waals surface area (Å²) in [6.07, 6.45) is -0.0787. The van der Waals surface area contributed by atoms with Crippen LogP contribution in [0.3, 0.4) is 0 Å². The average Bonchev–Trinajstić information content (AvgIpc) is 2.84. The van der Waals surface area contributed by atoms with Gasteiger partial charge in [0.1, 0.15) is 5.78 Å². The molecule has 5 heteroatoms. The molecule has 2 aromatic rings. The molecule has 1 unspecified atom stereocenters. The summed E-state index contributed by atoms with van der Waals surface area (Å²) in [6.45, 7) is 5.26. The van der Waals surface area contributed by atoms with E-state index in [2.05, 4.69) is 5.32 Å². The standard InChI is InChI=1S/C21H22N2O3/c1-14(2)23-18-12-8-7-11-17(18)21(20(23)26,13-15(3)24)22-19(25)16-9-5-4-6-10-16/h4-12,14H,13H2,1-3H3,(H,22,25). The van der Waals surface area contributed by atoms with E-state index in [1.54, 1.807) is 29.2 Å². The molecule has 26 heavy (non-hydrogen) atoms. The van der Waals surface area contributed by atoms with Gasteiger partial charge in [-0.15, -0.1) is 0 Å². The fraction of sp³-hybridized carbons (Fsp3) is 0.286. The molecule has 1 N–H and O–H groups in total. The Morgan fingerprint density at radius 2 is 1.65 bits per heavy atom. The second-order valence-electron chi connectivity index (χ2n) is 6.89. The molecule has 2 amide bonds. The Kier molecular flexibility index (Phi) is 4.64. The zero-order valence-corrected chi connectivity index (χ0v) is 15.2. The maximum atomic E-state index is 13.4. The Hall–Kier alpha value is -2.95. The summed E-state index contributed by atoms with van der Waals surface area (Å²) >= 11 is 0. The van der Waals surface area contributed by atoms with Gasteiger partial charge in [-0.1, -0.05) is 36.4 Å². The summed E-state index contributed by atoms with van der Waals surface area (Å²) in [6, 6.07) is 15.9. The summed E-state index contributed by atoms with van der Waals surface area (Å²) in [5, 5.41) is 2.88. The molecule has 1 aliphatic rings. The number of carbonyl (C=O) groups is 3. The first-order valence-corrected chi connectivity index (χ1v) is 8.67. The average molecular weight is 350 g/mol. The highest BCUT2D eigenvalue weighted by atomic mass is 16.2. The highest BCUT2D eigenvalue weighted by Gasteiger charge is 2.53. The number of hydrogen-bond acceptors (Lipinski definition) is 3. The van der Waals surface area contributed by atoms with Crippen molar-refractivity contribution in [2.75, 3.05) is 4.90 Å². The Labute approximate surface area is 153 Å². The van der Waals surface area contributed by atoms with Crippen LogP contribution in [0.1, 0.15) is 43.1 Å². The number of fused-ring (bicyclic) bond motifs is 1. The Morgan fingerprint density at radius 1 is 1.04 bits per heavy atom. The Morgan fingerprint density at radius 3 is 2.27 bits per heavy atom. The summed E-state index contributed by atoms with van der Waals surface area (Å²) in [4.78, 5) is 39.9. The van der Waals surface area contributed by atoms with Crippen molar-refractivity contribution in [2.45, 2.75) is 38.8 Å². The molecule has 134 valence electrons. The normalized spacial score (nSPS) is 18.8. The van der Waals surface area contributed by atoms with Crippen LogP contribution in [0.4, 0.5) is 5.69 Å². The van der Waals surface area contributed by atoms with Crippen molar-refractivity contribution in [3.63, 3.8) is 0 Å². The number of Topliss-reactive ketones (excluding diaryl/α,β-unsaturated/α-hetero) is 1. The van der Waals surface area contributed by atoms with Crippen LogP contribution < -0.4 is 10.2 Å². The molecule has 0 aromatic heterocycles. The molecular formula is C21H22N2O3. The van der Waals surface area contributed by atoms with E-state index < -0.39 is 5.54 Å². The largest absolute Gasteiger partial charge is 0.333 e. The lowest BCUT2D eigenvalue weighted by Gasteiger charge is -2.30. The maximum Gasteiger partial charge on any atom is 0.258 e. The number of ketones is 1. The van der Waals surface area contributed by atoms with Crippen molar-refractivity contribution < 1.29 is 14.4 Å². The van der Waals surface area contributed by atoms with E-state index >= 15 is 0 Å². The highest BCUT2D eigenvalue weighted by molar-refractivity contribution is 6.12. The number of rotatable bonds is 5. The van der Waals surface area contributed by atoms with Gasteiger partial charge in [0.05, 0.1) is 5.69 Å². The summed E-state index contributed by atoms with van der Waals surface area (Å²) in [5.41, 5.74) is 0.476. The molecule has 5 nitrogen and oxygen atoms in total. The third-order valence-corrected chi connectivity index (χ3v) is 4.60. The number of para-hydroxylation sites is 1. The minimum absolute atomic E-state index is 0.0787. The van der Waals surface area contributed by atoms with Crippen molar-refractivity contribution in [1.82, 2.24) is 5.32 Å². The molecule has 0 bridgehead atoms. The van der Waals surface area contributed by atoms with Gasteiger partial charge in [0.2, 0.25) is 0 Å². The summed E-state index contributed by atoms with van der Waals surface area (Å²) in [5.74, 6) is -0.805. The predicted molar refractivity (Wildman–Crippen MR) is 99.9 cm³/mol. The lowest BCUT2D eigenvalue weighted by Crippen LogP contribution is -2.55. The molecule has 1 aliphatic heterocycles. The highest BCUT2D eigenvalue weighted by Crippen LogP contribution is 2.43. The van der Waals surface area contributed by atoms with Gasteiger partial charge in [-0.25, -0.2) is 0 Å². The van der Waals surface area contributed by atoms with Crippen LogP contribution in [-0.4, -0.2) is 23.6 Å². The monoisotopic (exact) mass is 350 g/mol. The molecule has 0 saturated carbocycles. The van der Waals surface area contributed by atoms with E-state index in [0.717, 1.165) is 5.69 Å². The number of hydrogen-bond donors (Lipinski definition) is 1. The Balaban J connectivity index is 2.12. The second-order valence-corrected chi connectivity index (χ2v) is 6.89. The summed E-state index contributed by atoms with van der Waals surface area (Å²) < 4.78 is 0. The van der Waals surface area contributed by atoms with Crippen LogP contribution in [0, 0.1) is 0 Å². The van der Waals surface area contributed by atoms with Crippen LogP contribution in [0.5, 0.6) is 0 Å². The number of nitrogens with zero attached hydrogens (tertiary/aromatic N) is 1. The van der Waals surface area contributed by atoms with Crippen molar-refractivity contribution in [1.29, 1.82) is 0 Å². The first kappa shape index (κ1) is 17.9. The van der Waals surface area contributed by atoms with E-state index in [9.17, 15) is 14.4 Å².